The second-order valence-corrected chi connectivity index (χ2v) is 7.92. The van der Waals surface area contributed by atoms with Crippen LogP contribution in [0.1, 0.15) is 30.4 Å². The summed E-state index contributed by atoms with van der Waals surface area (Å²) in [5.74, 6) is -0.896. The Bertz CT molecular complexity index is 648. The van der Waals surface area contributed by atoms with Crippen molar-refractivity contribution in [2.75, 3.05) is 12.9 Å². The molecule has 1 aromatic carbocycles. The second-order valence-electron chi connectivity index (χ2n) is 5.86. The number of rotatable bonds is 6. The van der Waals surface area contributed by atoms with Crippen molar-refractivity contribution in [3.05, 3.63) is 35.1 Å². The fourth-order valence-electron chi connectivity index (χ4n) is 2.50. The van der Waals surface area contributed by atoms with E-state index in [1.54, 1.807) is 6.92 Å². The molecule has 1 fully saturated rings. The maximum absolute atomic E-state index is 13.0. The number of aryl methyl sites for hydroxylation is 1. The number of sulfone groups is 1. The van der Waals surface area contributed by atoms with Crippen molar-refractivity contribution in [3.8, 4) is 0 Å². The zero-order valence-electron chi connectivity index (χ0n) is 12.2. The van der Waals surface area contributed by atoms with Crippen molar-refractivity contribution in [2.24, 2.45) is 5.41 Å². The average Bonchev–Trinajstić information content (AvgIpc) is 3.11. The molecule has 0 atom stereocenters. The molecule has 21 heavy (non-hydrogen) atoms. The third kappa shape index (κ3) is 4.27. The summed E-state index contributed by atoms with van der Waals surface area (Å²) >= 11 is 0. The lowest BCUT2D eigenvalue weighted by molar-refractivity contribution is -0.141. The van der Waals surface area contributed by atoms with Gasteiger partial charge < -0.3 is 4.74 Å². The lowest BCUT2D eigenvalue weighted by Crippen LogP contribution is -2.22. The van der Waals surface area contributed by atoms with E-state index < -0.39 is 15.3 Å². The zero-order valence-corrected chi connectivity index (χ0v) is 13.0. The first-order chi connectivity index (χ1) is 9.75. The molecule has 0 bridgehead atoms. The number of hydrogen-bond donors (Lipinski definition) is 0. The summed E-state index contributed by atoms with van der Waals surface area (Å²) in [5, 5.41) is 0. The number of halogens is 1. The lowest BCUT2D eigenvalue weighted by atomic mass is 10.1. The number of carbonyl (C=O) groups is 1. The van der Waals surface area contributed by atoms with Crippen LogP contribution < -0.4 is 0 Å². The van der Waals surface area contributed by atoms with E-state index in [4.69, 9.17) is 0 Å². The van der Waals surface area contributed by atoms with Gasteiger partial charge in [0.2, 0.25) is 0 Å². The van der Waals surface area contributed by atoms with Crippen LogP contribution >= 0.6 is 0 Å². The summed E-state index contributed by atoms with van der Waals surface area (Å²) in [5.41, 5.74) is 0.765. The molecular weight excluding hydrogens is 295 g/mol. The summed E-state index contributed by atoms with van der Waals surface area (Å²) in [6.45, 7) is 1.69. The van der Waals surface area contributed by atoms with Gasteiger partial charge in [-0.3, -0.25) is 4.79 Å². The average molecular weight is 314 g/mol. The Morgan fingerprint density at radius 2 is 2.05 bits per heavy atom. The van der Waals surface area contributed by atoms with Gasteiger partial charge in [-0.2, -0.15) is 0 Å². The van der Waals surface area contributed by atoms with Gasteiger partial charge in [0, 0.05) is 0 Å². The molecule has 0 radical (unpaired) electrons. The number of carbonyl (C=O) groups excluding carboxylic acids is 1. The molecule has 0 aliphatic heterocycles. The highest BCUT2D eigenvalue weighted by Gasteiger charge is 2.47. The van der Waals surface area contributed by atoms with Gasteiger partial charge in [0.15, 0.2) is 9.84 Å². The second kappa shape index (κ2) is 5.75. The molecule has 1 aliphatic rings. The van der Waals surface area contributed by atoms with E-state index in [0.717, 1.165) is 12.8 Å². The third-order valence-electron chi connectivity index (χ3n) is 3.91. The molecule has 0 amide bonds. The highest BCUT2D eigenvalue weighted by molar-refractivity contribution is 7.90. The topological polar surface area (TPSA) is 60.4 Å². The van der Waals surface area contributed by atoms with Crippen LogP contribution in [0, 0.1) is 18.2 Å². The first-order valence-corrected chi connectivity index (χ1v) is 8.60. The van der Waals surface area contributed by atoms with E-state index in [2.05, 4.69) is 4.74 Å². The molecule has 2 rings (SSSR count). The van der Waals surface area contributed by atoms with Gasteiger partial charge in [0.25, 0.3) is 0 Å². The Balaban J connectivity index is 2.07. The maximum atomic E-state index is 13.0. The minimum Gasteiger partial charge on any atom is -0.469 e. The van der Waals surface area contributed by atoms with Crippen LogP contribution in [0.2, 0.25) is 0 Å². The monoisotopic (exact) mass is 314 g/mol. The molecule has 0 N–H and O–H groups in total. The van der Waals surface area contributed by atoms with Crippen molar-refractivity contribution in [1.29, 1.82) is 0 Å². The van der Waals surface area contributed by atoms with E-state index in [0.29, 0.717) is 11.1 Å². The van der Waals surface area contributed by atoms with Gasteiger partial charge in [-0.1, -0.05) is 6.07 Å². The Morgan fingerprint density at radius 3 is 2.57 bits per heavy atom. The molecule has 0 saturated heterocycles. The molecule has 0 aromatic heterocycles. The van der Waals surface area contributed by atoms with Crippen molar-refractivity contribution in [1.82, 2.24) is 0 Å². The number of ether oxygens (including phenoxy) is 1. The lowest BCUT2D eigenvalue weighted by Gasteiger charge is -2.14. The molecule has 0 unspecified atom stereocenters. The Hall–Kier alpha value is -1.43. The summed E-state index contributed by atoms with van der Waals surface area (Å²) in [6.07, 6.45) is 1.60. The van der Waals surface area contributed by atoms with Gasteiger partial charge in [-0.15, -0.1) is 0 Å². The standard InChI is InChI=1S/C15H19FO4S/c1-11-7-13(16)4-3-12(11)9-21(18,19)10-15(5-6-15)8-14(17)20-2/h3-4,7H,5-6,8-10H2,1-2H3. The van der Waals surface area contributed by atoms with Crippen LogP contribution in [-0.4, -0.2) is 27.2 Å². The molecule has 1 aliphatic carbocycles. The van der Waals surface area contributed by atoms with Gasteiger partial charge in [-0.05, 0) is 48.4 Å². The van der Waals surface area contributed by atoms with E-state index in [9.17, 15) is 17.6 Å². The van der Waals surface area contributed by atoms with E-state index in [-0.39, 0.29) is 29.7 Å². The zero-order chi connectivity index (χ0) is 15.7. The predicted molar refractivity (Wildman–Crippen MR) is 76.9 cm³/mol. The first-order valence-electron chi connectivity index (χ1n) is 6.78. The number of methoxy groups -OCH3 is 1. The molecule has 6 heteroatoms. The molecule has 116 valence electrons. The molecule has 0 spiro atoms. The molecular formula is C15H19FO4S. The van der Waals surface area contributed by atoms with Crippen LogP contribution in [0.15, 0.2) is 18.2 Å². The summed E-state index contributed by atoms with van der Waals surface area (Å²) in [4.78, 5) is 11.3. The summed E-state index contributed by atoms with van der Waals surface area (Å²) in [6, 6.07) is 4.09. The maximum Gasteiger partial charge on any atom is 0.306 e. The predicted octanol–water partition coefficient (Wildman–Crippen LogP) is 2.39. The van der Waals surface area contributed by atoms with Gasteiger partial charge in [0.05, 0.1) is 25.0 Å². The molecule has 0 heterocycles. The smallest absolute Gasteiger partial charge is 0.306 e. The fourth-order valence-corrected chi connectivity index (χ4v) is 4.73. The van der Waals surface area contributed by atoms with Crippen LogP contribution in [0.25, 0.3) is 0 Å². The Kier molecular flexibility index (Phi) is 4.37. The van der Waals surface area contributed by atoms with Crippen molar-refractivity contribution in [3.63, 3.8) is 0 Å². The normalized spacial score (nSPS) is 16.5. The summed E-state index contributed by atoms with van der Waals surface area (Å²) < 4.78 is 42.3. The highest BCUT2D eigenvalue weighted by Crippen LogP contribution is 2.50. The van der Waals surface area contributed by atoms with Crippen LogP contribution in [0.4, 0.5) is 4.39 Å². The molecule has 1 saturated carbocycles. The third-order valence-corrected chi connectivity index (χ3v) is 5.71. The fraction of sp³-hybridized carbons (Fsp3) is 0.533. The SMILES string of the molecule is COC(=O)CC1(CS(=O)(=O)Cc2ccc(F)cc2C)CC1. The van der Waals surface area contributed by atoms with Crippen LogP contribution in [-0.2, 0) is 25.1 Å². The van der Waals surface area contributed by atoms with Crippen molar-refractivity contribution < 1.29 is 22.3 Å². The van der Waals surface area contributed by atoms with E-state index in [1.807, 2.05) is 0 Å². The first kappa shape index (κ1) is 15.9. The minimum atomic E-state index is -3.35. The highest BCUT2D eigenvalue weighted by atomic mass is 32.2. The van der Waals surface area contributed by atoms with Gasteiger partial charge >= 0.3 is 5.97 Å². The number of benzene rings is 1. The van der Waals surface area contributed by atoms with Crippen molar-refractivity contribution >= 4 is 15.8 Å². The number of esters is 1. The van der Waals surface area contributed by atoms with Crippen molar-refractivity contribution in [2.45, 2.75) is 31.9 Å². The largest absolute Gasteiger partial charge is 0.469 e. The summed E-state index contributed by atoms with van der Waals surface area (Å²) in [7, 11) is -2.05. The van der Waals surface area contributed by atoms with Gasteiger partial charge in [-0.25, -0.2) is 12.8 Å². The number of hydrogen-bond acceptors (Lipinski definition) is 4. The van der Waals surface area contributed by atoms with E-state index in [1.165, 1.54) is 25.3 Å². The van der Waals surface area contributed by atoms with E-state index >= 15 is 0 Å². The minimum absolute atomic E-state index is 0.0219. The van der Waals surface area contributed by atoms with Crippen LogP contribution in [0.5, 0.6) is 0 Å². The quantitative estimate of drug-likeness (QED) is 0.757. The van der Waals surface area contributed by atoms with Gasteiger partial charge in [0.1, 0.15) is 5.82 Å². The molecule has 4 nitrogen and oxygen atoms in total. The Morgan fingerprint density at radius 1 is 1.38 bits per heavy atom. The van der Waals surface area contributed by atoms with Crippen LogP contribution in [0.3, 0.4) is 0 Å². The molecule has 1 aromatic rings. The Labute approximate surface area is 124 Å².